The summed E-state index contributed by atoms with van der Waals surface area (Å²) in [6.07, 6.45) is 12.3. The van der Waals surface area contributed by atoms with Crippen LogP contribution in [0.4, 0.5) is 0 Å². The third-order valence-electron chi connectivity index (χ3n) is 8.54. The fraction of sp³-hybridized carbons (Fsp3) is 0.900. The Bertz CT molecular complexity index is 468. The van der Waals surface area contributed by atoms with Gasteiger partial charge in [-0.25, -0.2) is 0 Å². The molecule has 21 heavy (non-hydrogen) atoms. The van der Waals surface area contributed by atoms with Gasteiger partial charge in [-0.1, -0.05) is 32.4 Å². The lowest BCUT2D eigenvalue weighted by molar-refractivity contribution is -0.158. The lowest BCUT2D eigenvalue weighted by Gasteiger charge is -2.64. The van der Waals surface area contributed by atoms with Crippen LogP contribution < -0.4 is 0 Å². The fourth-order valence-electron chi connectivity index (χ4n) is 7.68. The van der Waals surface area contributed by atoms with Crippen molar-refractivity contribution in [2.45, 2.75) is 71.6 Å². The summed E-state index contributed by atoms with van der Waals surface area (Å²) in [4.78, 5) is 0. The van der Waals surface area contributed by atoms with Gasteiger partial charge >= 0.3 is 0 Å². The molecule has 0 aromatic carbocycles. The van der Waals surface area contributed by atoms with E-state index in [9.17, 15) is 5.11 Å². The van der Waals surface area contributed by atoms with E-state index in [4.69, 9.17) is 0 Å². The topological polar surface area (TPSA) is 20.2 Å². The molecule has 6 atom stereocenters. The molecule has 0 amide bonds. The summed E-state index contributed by atoms with van der Waals surface area (Å²) in [7, 11) is 0. The number of aliphatic hydroxyl groups excluding tert-OH is 1. The standard InChI is InChI=1S/C20H32O/c1-14-11-20-10-7-16-18(2,13-21)8-4-9-19(16,3)17(20)6-5-15(14)12-20/h15-17,21H,1,4-13H2,2-3H3/t15-,16?,17?,18-,19+,20?/m0/s1. The van der Waals surface area contributed by atoms with Gasteiger partial charge in [0.2, 0.25) is 0 Å². The highest BCUT2D eigenvalue weighted by Gasteiger charge is 2.63. The Hall–Kier alpha value is -0.300. The van der Waals surface area contributed by atoms with Gasteiger partial charge in [-0.3, -0.25) is 0 Å². The zero-order chi connectivity index (χ0) is 14.9. The largest absolute Gasteiger partial charge is 0.396 e. The predicted molar refractivity (Wildman–Crippen MR) is 86.9 cm³/mol. The average molecular weight is 288 g/mol. The molecule has 4 saturated carbocycles. The van der Waals surface area contributed by atoms with Gasteiger partial charge in [-0.15, -0.1) is 0 Å². The number of allylic oxidation sites excluding steroid dienone is 1. The minimum atomic E-state index is 0.182. The van der Waals surface area contributed by atoms with E-state index in [1.54, 1.807) is 5.57 Å². The summed E-state index contributed by atoms with van der Waals surface area (Å²) < 4.78 is 0. The van der Waals surface area contributed by atoms with Crippen LogP contribution in [-0.2, 0) is 0 Å². The summed E-state index contributed by atoms with van der Waals surface area (Å²) in [5.41, 5.74) is 2.82. The summed E-state index contributed by atoms with van der Waals surface area (Å²) in [6.45, 7) is 9.77. The van der Waals surface area contributed by atoms with Crippen molar-refractivity contribution < 1.29 is 5.11 Å². The minimum absolute atomic E-state index is 0.182. The molecule has 0 aromatic rings. The van der Waals surface area contributed by atoms with Gasteiger partial charge in [0.25, 0.3) is 0 Å². The number of hydrogen-bond donors (Lipinski definition) is 1. The van der Waals surface area contributed by atoms with E-state index in [2.05, 4.69) is 20.4 Å². The van der Waals surface area contributed by atoms with Crippen LogP contribution >= 0.6 is 0 Å². The maximum Gasteiger partial charge on any atom is 0.0487 e. The zero-order valence-electron chi connectivity index (χ0n) is 14.0. The van der Waals surface area contributed by atoms with Crippen LogP contribution in [0.3, 0.4) is 0 Å². The monoisotopic (exact) mass is 288 g/mol. The van der Waals surface area contributed by atoms with Crippen LogP contribution in [0.25, 0.3) is 0 Å². The Morgan fingerprint density at radius 1 is 1.10 bits per heavy atom. The molecule has 2 bridgehead atoms. The predicted octanol–water partition coefficient (Wildman–Crippen LogP) is 4.95. The first-order valence-corrected chi connectivity index (χ1v) is 9.22. The lowest BCUT2D eigenvalue weighted by Crippen LogP contribution is -2.57. The highest BCUT2D eigenvalue weighted by molar-refractivity contribution is 5.22. The smallest absolute Gasteiger partial charge is 0.0487 e. The van der Waals surface area contributed by atoms with Crippen molar-refractivity contribution >= 4 is 0 Å². The second-order valence-electron chi connectivity index (χ2n) is 9.49. The van der Waals surface area contributed by atoms with E-state index in [0.717, 1.165) is 17.8 Å². The van der Waals surface area contributed by atoms with Crippen molar-refractivity contribution in [2.24, 2.45) is 34.0 Å². The van der Waals surface area contributed by atoms with Gasteiger partial charge in [0, 0.05) is 6.61 Å². The van der Waals surface area contributed by atoms with Gasteiger partial charge in [0.05, 0.1) is 0 Å². The third kappa shape index (κ3) is 1.73. The molecule has 1 N–H and O–H groups in total. The molecule has 1 spiro atoms. The molecular formula is C20H32O. The number of aliphatic hydroxyl groups is 1. The molecule has 0 aliphatic heterocycles. The molecule has 118 valence electrons. The summed E-state index contributed by atoms with van der Waals surface area (Å²) in [5, 5.41) is 10.1. The van der Waals surface area contributed by atoms with Crippen molar-refractivity contribution in [2.75, 3.05) is 6.61 Å². The lowest BCUT2D eigenvalue weighted by atomic mass is 9.41. The summed E-state index contributed by atoms with van der Waals surface area (Å²) in [5.74, 6) is 2.48. The van der Waals surface area contributed by atoms with Gasteiger partial charge in [-0.2, -0.15) is 0 Å². The van der Waals surface area contributed by atoms with Crippen molar-refractivity contribution in [1.29, 1.82) is 0 Å². The summed E-state index contributed by atoms with van der Waals surface area (Å²) >= 11 is 0. The van der Waals surface area contributed by atoms with E-state index in [1.165, 1.54) is 57.8 Å². The van der Waals surface area contributed by atoms with Crippen molar-refractivity contribution in [1.82, 2.24) is 0 Å². The summed E-state index contributed by atoms with van der Waals surface area (Å²) in [6, 6.07) is 0. The Labute approximate surface area is 130 Å². The fourth-order valence-corrected chi connectivity index (χ4v) is 7.68. The van der Waals surface area contributed by atoms with Crippen LogP contribution in [-0.4, -0.2) is 11.7 Å². The van der Waals surface area contributed by atoms with E-state index >= 15 is 0 Å². The maximum atomic E-state index is 10.1. The number of rotatable bonds is 1. The number of hydrogen-bond acceptors (Lipinski definition) is 1. The van der Waals surface area contributed by atoms with Gasteiger partial charge in [0.15, 0.2) is 0 Å². The Morgan fingerprint density at radius 2 is 1.90 bits per heavy atom. The second-order valence-corrected chi connectivity index (χ2v) is 9.49. The van der Waals surface area contributed by atoms with Crippen LogP contribution in [0.15, 0.2) is 12.2 Å². The molecular weight excluding hydrogens is 256 g/mol. The van der Waals surface area contributed by atoms with Crippen molar-refractivity contribution in [3.05, 3.63) is 12.2 Å². The molecule has 4 aliphatic rings. The minimum Gasteiger partial charge on any atom is -0.396 e. The third-order valence-corrected chi connectivity index (χ3v) is 8.54. The van der Waals surface area contributed by atoms with Gasteiger partial charge in [-0.05, 0) is 85.4 Å². The van der Waals surface area contributed by atoms with Gasteiger partial charge in [0.1, 0.15) is 0 Å². The Balaban J connectivity index is 1.73. The van der Waals surface area contributed by atoms with E-state index in [0.29, 0.717) is 17.4 Å². The van der Waals surface area contributed by atoms with E-state index in [-0.39, 0.29) is 5.41 Å². The molecule has 1 nitrogen and oxygen atoms in total. The van der Waals surface area contributed by atoms with Crippen molar-refractivity contribution in [3.63, 3.8) is 0 Å². The average Bonchev–Trinajstić information content (AvgIpc) is 2.68. The van der Waals surface area contributed by atoms with Crippen LogP contribution in [0.1, 0.15) is 71.6 Å². The maximum absolute atomic E-state index is 10.1. The highest BCUT2D eigenvalue weighted by Crippen LogP contribution is 2.72. The molecule has 0 saturated heterocycles. The second kappa shape index (κ2) is 4.37. The first-order valence-electron chi connectivity index (χ1n) is 9.22. The van der Waals surface area contributed by atoms with Crippen LogP contribution in [0, 0.1) is 34.0 Å². The zero-order valence-corrected chi connectivity index (χ0v) is 14.0. The molecule has 0 radical (unpaired) electrons. The molecule has 4 aliphatic carbocycles. The number of fused-ring (bicyclic) bond motifs is 3. The highest BCUT2D eigenvalue weighted by atomic mass is 16.3. The molecule has 4 fully saturated rings. The quantitative estimate of drug-likeness (QED) is 0.677. The molecule has 1 heteroatoms. The van der Waals surface area contributed by atoms with Crippen molar-refractivity contribution in [3.8, 4) is 0 Å². The SMILES string of the molecule is C=C1CC23CCC4[C@](C)(CO)CCC[C@@]4(C)C2CC[C@H]1C3. The van der Waals surface area contributed by atoms with Gasteiger partial charge < -0.3 is 5.11 Å². The molecule has 4 rings (SSSR count). The molecule has 0 aromatic heterocycles. The molecule has 0 heterocycles. The Kier molecular flexibility index (Phi) is 2.98. The van der Waals surface area contributed by atoms with E-state index < -0.39 is 0 Å². The van der Waals surface area contributed by atoms with E-state index in [1.807, 2.05) is 0 Å². The molecule has 3 unspecified atom stereocenters. The van der Waals surface area contributed by atoms with Crippen LogP contribution in [0.5, 0.6) is 0 Å². The first kappa shape index (κ1) is 14.3. The van der Waals surface area contributed by atoms with Crippen LogP contribution in [0.2, 0.25) is 0 Å². The first-order chi connectivity index (χ1) is 9.94. The Morgan fingerprint density at radius 3 is 2.67 bits per heavy atom. The normalized spacial score (nSPS) is 56.0.